The Balaban J connectivity index is 1.73. The van der Waals surface area contributed by atoms with Gasteiger partial charge in [-0.15, -0.1) is 5.10 Å². The van der Waals surface area contributed by atoms with E-state index in [2.05, 4.69) is 48.2 Å². The van der Waals surface area contributed by atoms with E-state index in [-0.39, 0.29) is 17.1 Å². The number of carbonyl (C=O) groups excluding carboxylic acids is 1. The van der Waals surface area contributed by atoms with Crippen molar-refractivity contribution in [1.29, 1.82) is 0 Å². The molecule has 0 radical (unpaired) electrons. The summed E-state index contributed by atoms with van der Waals surface area (Å²) in [6.45, 7) is 6.30. The van der Waals surface area contributed by atoms with E-state index in [9.17, 15) is 4.79 Å². The van der Waals surface area contributed by atoms with E-state index < -0.39 is 0 Å². The van der Waals surface area contributed by atoms with Gasteiger partial charge in [0.15, 0.2) is 11.5 Å². The Morgan fingerprint density at radius 2 is 2.12 bits per heavy atom. The SMILES string of the molecule is CN(C)CC(C)(C)CNc1cccc2nc(CC(=O)C3CC3)nn12. The second-order valence-electron chi connectivity index (χ2n) is 7.88. The summed E-state index contributed by atoms with van der Waals surface area (Å²) in [6.07, 6.45) is 2.40. The van der Waals surface area contributed by atoms with Crippen molar-refractivity contribution in [3.8, 4) is 0 Å². The lowest BCUT2D eigenvalue weighted by molar-refractivity contribution is -0.119. The minimum Gasteiger partial charge on any atom is -0.369 e. The van der Waals surface area contributed by atoms with Crippen LogP contribution in [0.3, 0.4) is 0 Å². The van der Waals surface area contributed by atoms with Crippen LogP contribution in [-0.2, 0) is 11.2 Å². The molecule has 0 amide bonds. The van der Waals surface area contributed by atoms with Gasteiger partial charge in [0, 0.05) is 19.0 Å². The van der Waals surface area contributed by atoms with Gasteiger partial charge >= 0.3 is 0 Å². The predicted octanol–water partition coefficient (Wildman–Crippen LogP) is 2.25. The molecular weight excluding hydrogens is 302 g/mol. The number of hydrogen-bond acceptors (Lipinski definition) is 5. The lowest BCUT2D eigenvalue weighted by atomic mass is 9.93. The summed E-state index contributed by atoms with van der Waals surface area (Å²) >= 11 is 0. The largest absolute Gasteiger partial charge is 0.369 e. The maximum absolute atomic E-state index is 12.0. The van der Waals surface area contributed by atoms with Crippen molar-refractivity contribution in [2.45, 2.75) is 33.1 Å². The maximum atomic E-state index is 12.0. The molecule has 1 fully saturated rings. The van der Waals surface area contributed by atoms with Crippen molar-refractivity contribution in [3.63, 3.8) is 0 Å². The van der Waals surface area contributed by atoms with Crippen molar-refractivity contribution < 1.29 is 4.79 Å². The second kappa shape index (κ2) is 6.51. The predicted molar refractivity (Wildman–Crippen MR) is 95.2 cm³/mol. The minimum absolute atomic E-state index is 0.136. The number of fused-ring (bicyclic) bond motifs is 1. The number of carbonyl (C=O) groups is 1. The Labute approximate surface area is 143 Å². The van der Waals surface area contributed by atoms with Crippen LogP contribution in [-0.4, -0.2) is 52.5 Å². The van der Waals surface area contributed by atoms with E-state index in [4.69, 9.17) is 0 Å². The van der Waals surface area contributed by atoms with E-state index in [0.29, 0.717) is 12.2 Å². The molecule has 1 saturated carbocycles. The topological polar surface area (TPSA) is 62.5 Å². The van der Waals surface area contributed by atoms with Gasteiger partial charge in [-0.25, -0.2) is 4.98 Å². The number of rotatable bonds is 8. The van der Waals surface area contributed by atoms with Gasteiger partial charge in [0.2, 0.25) is 0 Å². The summed E-state index contributed by atoms with van der Waals surface area (Å²) in [5, 5.41) is 8.02. The highest BCUT2D eigenvalue weighted by Crippen LogP contribution is 2.30. The molecule has 0 saturated heterocycles. The zero-order chi connectivity index (χ0) is 17.3. The van der Waals surface area contributed by atoms with Crippen molar-refractivity contribution in [2.75, 3.05) is 32.5 Å². The Hall–Kier alpha value is -1.95. The fourth-order valence-electron chi connectivity index (χ4n) is 3.11. The fraction of sp³-hybridized carbons (Fsp3) is 0.611. The van der Waals surface area contributed by atoms with Crippen molar-refractivity contribution >= 4 is 17.2 Å². The Morgan fingerprint density at radius 3 is 2.79 bits per heavy atom. The Bertz CT molecular complexity index is 730. The molecule has 2 heterocycles. The van der Waals surface area contributed by atoms with Gasteiger partial charge in [-0.1, -0.05) is 19.9 Å². The van der Waals surface area contributed by atoms with Gasteiger partial charge in [0.05, 0.1) is 6.42 Å². The molecule has 24 heavy (non-hydrogen) atoms. The lowest BCUT2D eigenvalue weighted by Crippen LogP contribution is -2.34. The van der Waals surface area contributed by atoms with Crippen LogP contribution in [0.1, 0.15) is 32.5 Å². The fourth-order valence-corrected chi connectivity index (χ4v) is 3.11. The Morgan fingerprint density at radius 1 is 1.38 bits per heavy atom. The zero-order valence-electron chi connectivity index (χ0n) is 15.0. The molecule has 0 aliphatic heterocycles. The van der Waals surface area contributed by atoms with E-state index in [1.807, 2.05) is 18.2 Å². The summed E-state index contributed by atoms with van der Waals surface area (Å²) in [7, 11) is 4.17. The van der Waals surface area contributed by atoms with E-state index in [1.165, 1.54) is 0 Å². The molecule has 0 spiro atoms. The summed E-state index contributed by atoms with van der Waals surface area (Å²) in [5.41, 5.74) is 0.917. The highest BCUT2D eigenvalue weighted by molar-refractivity contribution is 5.84. The third kappa shape index (κ3) is 4.12. The van der Waals surface area contributed by atoms with E-state index in [0.717, 1.165) is 37.4 Å². The summed E-state index contributed by atoms with van der Waals surface area (Å²) < 4.78 is 1.81. The van der Waals surface area contributed by atoms with Crippen LogP contribution in [0.5, 0.6) is 0 Å². The molecule has 6 nitrogen and oxygen atoms in total. The number of pyridine rings is 1. The van der Waals surface area contributed by atoms with E-state index in [1.54, 1.807) is 4.52 Å². The summed E-state index contributed by atoms with van der Waals surface area (Å²) in [5.74, 6) is 2.05. The molecule has 3 rings (SSSR count). The molecular formula is C18H27N5O. The number of hydrogen-bond donors (Lipinski definition) is 1. The third-order valence-electron chi connectivity index (χ3n) is 4.26. The number of Topliss-reactive ketones (excluding diaryl/α,β-unsaturated/α-hetero) is 1. The molecule has 1 aliphatic rings. The smallest absolute Gasteiger partial charge is 0.159 e. The molecule has 1 N–H and O–H groups in total. The molecule has 0 aromatic carbocycles. The molecule has 1 aliphatic carbocycles. The lowest BCUT2D eigenvalue weighted by Gasteiger charge is -2.28. The van der Waals surface area contributed by atoms with Crippen molar-refractivity contribution in [1.82, 2.24) is 19.5 Å². The number of ketones is 1. The number of anilines is 1. The molecule has 0 bridgehead atoms. The highest BCUT2D eigenvalue weighted by Gasteiger charge is 2.30. The first kappa shape index (κ1) is 16.9. The summed E-state index contributed by atoms with van der Waals surface area (Å²) in [4.78, 5) is 18.7. The second-order valence-corrected chi connectivity index (χ2v) is 7.88. The molecule has 0 atom stereocenters. The van der Waals surface area contributed by atoms with Crippen LogP contribution < -0.4 is 5.32 Å². The first-order valence-corrected chi connectivity index (χ1v) is 8.60. The molecule has 130 valence electrons. The van der Waals surface area contributed by atoms with Gasteiger partial charge in [-0.05, 0) is 44.5 Å². The van der Waals surface area contributed by atoms with Gasteiger partial charge in [-0.2, -0.15) is 4.52 Å². The first-order valence-electron chi connectivity index (χ1n) is 8.60. The van der Waals surface area contributed by atoms with Gasteiger partial charge in [0.25, 0.3) is 0 Å². The van der Waals surface area contributed by atoms with Crippen LogP contribution in [0.2, 0.25) is 0 Å². The maximum Gasteiger partial charge on any atom is 0.159 e. The third-order valence-corrected chi connectivity index (χ3v) is 4.26. The first-order chi connectivity index (χ1) is 11.3. The molecule has 2 aromatic rings. The van der Waals surface area contributed by atoms with Crippen LogP contribution in [0.15, 0.2) is 18.2 Å². The van der Waals surface area contributed by atoms with Crippen LogP contribution in [0.25, 0.3) is 5.65 Å². The summed E-state index contributed by atoms with van der Waals surface area (Å²) in [6, 6.07) is 5.89. The number of nitrogens with one attached hydrogen (secondary N) is 1. The number of aromatic nitrogens is 3. The average molecular weight is 329 g/mol. The van der Waals surface area contributed by atoms with Crippen LogP contribution in [0.4, 0.5) is 5.82 Å². The van der Waals surface area contributed by atoms with Crippen LogP contribution in [0, 0.1) is 11.3 Å². The van der Waals surface area contributed by atoms with E-state index >= 15 is 0 Å². The van der Waals surface area contributed by atoms with Gasteiger partial charge < -0.3 is 10.2 Å². The van der Waals surface area contributed by atoms with Crippen molar-refractivity contribution in [3.05, 3.63) is 24.0 Å². The average Bonchev–Trinajstić information content (AvgIpc) is 3.24. The quantitative estimate of drug-likeness (QED) is 0.805. The number of nitrogens with zero attached hydrogens (tertiary/aromatic N) is 4. The zero-order valence-corrected chi connectivity index (χ0v) is 15.0. The highest BCUT2D eigenvalue weighted by atomic mass is 16.1. The van der Waals surface area contributed by atoms with Gasteiger partial charge in [-0.3, -0.25) is 4.79 Å². The van der Waals surface area contributed by atoms with Crippen LogP contribution >= 0.6 is 0 Å². The normalized spacial score (nSPS) is 15.2. The molecule has 0 unspecified atom stereocenters. The molecule has 2 aromatic heterocycles. The standard InChI is InChI=1S/C18H27N5O/c1-18(2,12-22(3)4)11-19-16-6-5-7-17-20-15(21-23(16)17)10-14(24)13-8-9-13/h5-7,13,19H,8-12H2,1-4H3. The Kier molecular flexibility index (Phi) is 4.58. The monoisotopic (exact) mass is 329 g/mol. The molecule has 6 heteroatoms. The van der Waals surface area contributed by atoms with Crippen molar-refractivity contribution in [2.24, 2.45) is 11.3 Å². The minimum atomic E-state index is 0.136. The van der Waals surface area contributed by atoms with Gasteiger partial charge in [0.1, 0.15) is 11.6 Å².